The van der Waals surface area contributed by atoms with E-state index in [1.54, 1.807) is 0 Å². The van der Waals surface area contributed by atoms with Gasteiger partial charge in [-0.05, 0) is 18.9 Å². The second-order valence-corrected chi connectivity index (χ2v) is 6.81. The number of unbranched alkanes of at least 4 members (excludes halogenated alkanes) is 7. The molecule has 0 bridgehead atoms. The van der Waals surface area contributed by atoms with Crippen LogP contribution in [0.25, 0.3) is 10.9 Å². The minimum atomic E-state index is 0.812. The van der Waals surface area contributed by atoms with E-state index in [1.165, 1.54) is 62.6 Å². The molecule has 2 N–H and O–H groups in total. The molecule has 0 fully saturated rings. The monoisotopic (exact) mass is 333 g/mol. The number of halogens is 1. The molecule has 0 aliphatic rings. The van der Waals surface area contributed by atoms with Gasteiger partial charge in [-0.1, -0.05) is 44.2 Å². The number of alkyl halides is 1. The van der Waals surface area contributed by atoms with Crippen LogP contribution < -0.4 is 10.3 Å². The summed E-state index contributed by atoms with van der Waals surface area (Å²) in [5.74, 6) is 0.812. The Morgan fingerprint density at radius 2 is 1.52 bits per heavy atom. The summed E-state index contributed by atoms with van der Waals surface area (Å²) in [4.78, 5) is 0. The molecule has 0 atom stereocenters. The van der Waals surface area contributed by atoms with Crippen molar-refractivity contribution in [3.63, 3.8) is 0 Å². The Labute approximate surface area is 145 Å². The number of nitrogens with zero attached hydrogens (tertiary/aromatic N) is 1. The summed E-state index contributed by atoms with van der Waals surface area (Å²) in [5.41, 5.74) is 9.54. The quantitative estimate of drug-likeness (QED) is 0.353. The van der Waals surface area contributed by atoms with Gasteiger partial charge in [0.25, 0.3) is 0 Å². The maximum atomic E-state index is 6.15. The fraction of sp³-hybridized carbons (Fsp3) is 0.550. The van der Waals surface area contributed by atoms with Crippen molar-refractivity contribution in [2.24, 2.45) is 0 Å². The van der Waals surface area contributed by atoms with Crippen molar-refractivity contribution in [2.75, 3.05) is 11.6 Å². The van der Waals surface area contributed by atoms with E-state index in [1.807, 2.05) is 0 Å². The van der Waals surface area contributed by atoms with Crippen LogP contribution in [0.5, 0.6) is 0 Å². The first kappa shape index (κ1) is 18.1. The molecular formula is C20H30ClN2+. The van der Waals surface area contributed by atoms with Crippen LogP contribution in [0.3, 0.4) is 0 Å². The van der Waals surface area contributed by atoms with Crippen molar-refractivity contribution >= 4 is 28.2 Å². The first-order chi connectivity index (χ1) is 11.2. The smallest absolute Gasteiger partial charge is 0.214 e. The van der Waals surface area contributed by atoms with Crippen molar-refractivity contribution in [2.45, 2.75) is 64.8 Å². The summed E-state index contributed by atoms with van der Waals surface area (Å²) in [5, 5.41) is 1.16. The van der Waals surface area contributed by atoms with Crippen molar-refractivity contribution in [1.82, 2.24) is 0 Å². The zero-order chi connectivity index (χ0) is 16.5. The van der Waals surface area contributed by atoms with Crippen LogP contribution in [0.1, 0.15) is 57.1 Å². The predicted molar refractivity (Wildman–Crippen MR) is 101 cm³/mol. The first-order valence-electron chi connectivity index (χ1n) is 8.97. The minimum absolute atomic E-state index is 0.812. The summed E-state index contributed by atoms with van der Waals surface area (Å²) in [6, 6.07) is 10.5. The summed E-state index contributed by atoms with van der Waals surface area (Å²) in [6.45, 7) is 3.23. The van der Waals surface area contributed by atoms with E-state index < -0.39 is 0 Å². The number of para-hydroxylation sites is 1. The van der Waals surface area contributed by atoms with Crippen LogP contribution >= 0.6 is 11.6 Å². The van der Waals surface area contributed by atoms with E-state index in [0.29, 0.717) is 0 Å². The lowest BCUT2D eigenvalue weighted by atomic mass is 10.1. The van der Waals surface area contributed by atoms with E-state index in [4.69, 9.17) is 17.3 Å². The number of aromatic nitrogens is 1. The van der Waals surface area contributed by atoms with Gasteiger partial charge in [0.05, 0.1) is 11.1 Å². The van der Waals surface area contributed by atoms with Crippen LogP contribution in [0, 0.1) is 6.92 Å². The number of hydrogen-bond acceptors (Lipinski definition) is 1. The Morgan fingerprint density at radius 1 is 0.913 bits per heavy atom. The van der Waals surface area contributed by atoms with Crippen molar-refractivity contribution < 1.29 is 4.57 Å². The van der Waals surface area contributed by atoms with Crippen molar-refractivity contribution in [3.8, 4) is 0 Å². The summed E-state index contributed by atoms with van der Waals surface area (Å²) in [6.07, 6.45) is 10.4. The number of nitrogens with two attached hydrogens (primary N) is 1. The Hall–Kier alpha value is -1.28. The zero-order valence-electron chi connectivity index (χ0n) is 14.4. The molecule has 0 saturated heterocycles. The number of benzene rings is 1. The molecule has 1 aromatic heterocycles. The fourth-order valence-electron chi connectivity index (χ4n) is 3.25. The average Bonchev–Trinajstić information content (AvgIpc) is 2.56. The number of rotatable bonds is 10. The number of anilines is 1. The van der Waals surface area contributed by atoms with E-state index >= 15 is 0 Å². The van der Waals surface area contributed by atoms with Gasteiger partial charge in [0, 0.05) is 31.4 Å². The molecule has 1 aromatic carbocycles. The molecule has 2 aromatic rings. The van der Waals surface area contributed by atoms with Crippen molar-refractivity contribution in [3.05, 3.63) is 36.0 Å². The van der Waals surface area contributed by atoms with Crippen LogP contribution in [0.2, 0.25) is 0 Å². The maximum Gasteiger partial charge on any atom is 0.214 e. The van der Waals surface area contributed by atoms with Crippen LogP contribution in [0.15, 0.2) is 30.3 Å². The van der Waals surface area contributed by atoms with Gasteiger partial charge in [0.2, 0.25) is 5.52 Å². The topological polar surface area (TPSA) is 29.9 Å². The first-order valence-corrected chi connectivity index (χ1v) is 9.51. The highest BCUT2D eigenvalue weighted by Crippen LogP contribution is 2.19. The molecule has 3 heteroatoms. The van der Waals surface area contributed by atoms with E-state index in [-0.39, 0.29) is 0 Å². The van der Waals surface area contributed by atoms with Gasteiger partial charge in [0.15, 0.2) is 5.69 Å². The number of aryl methyl sites for hydroxylation is 2. The molecule has 2 rings (SSSR count). The number of fused-ring (bicyclic) bond motifs is 1. The van der Waals surface area contributed by atoms with Crippen LogP contribution in [-0.2, 0) is 6.54 Å². The molecule has 0 amide bonds. The van der Waals surface area contributed by atoms with Gasteiger partial charge in [-0.25, -0.2) is 0 Å². The van der Waals surface area contributed by atoms with Crippen LogP contribution in [-0.4, -0.2) is 5.88 Å². The number of nitrogen functional groups attached to an aromatic ring is 1. The normalized spacial score (nSPS) is 11.2. The molecule has 0 radical (unpaired) electrons. The molecule has 0 unspecified atom stereocenters. The molecule has 23 heavy (non-hydrogen) atoms. The molecule has 0 aliphatic carbocycles. The van der Waals surface area contributed by atoms with E-state index in [9.17, 15) is 0 Å². The van der Waals surface area contributed by atoms with Crippen LogP contribution in [0.4, 0.5) is 5.69 Å². The Balaban J connectivity index is 1.79. The lowest BCUT2D eigenvalue weighted by Crippen LogP contribution is -2.38. The van der Waals surface area contributed by atoms with E-state index in [2.05, 4.69) is 41.8 Å². The largest absolute Gasteiger partial charge is 0.398 e. The SMILES string of the molecule is Cc1cc(N)c2ccccc2[n+]1CCCCCCCCCCCl. The molecule has 126 valence electrons. The Morgan fingerprint density at radius 3 is 2.22 bits per heavy atom. The molecule has 1 heterocycles. The highest BCUT2D eigenvalue weighted by molar-refractivity contribution is 6.17. The highest BCUT2D eigenvalue weighted by Gasteiger charge is 2.14. The summed E-state index contributed by atoms with van der Waals surface area (Å²) < 4.78 is 2.41. The second kappa shape index (κ2) is 9.77. The molecule has 2 nitrogen and oxygen atoms in total. The second-order valence-electron chi connectivity index (χ2n) is 6.43. The third kappa shape index (κ3) is 5.39. The Kier molecular flexibility index (Phi) is 7.67. The van der Waals surface area contributed by atoms with Gasteiger partial charge in [-0.2, -0.15) is 4.57 Å². The molecular weight excluding hydrogens is 304 g/mol. The van der Waals surface area contributed by atoms with Crippen molar-refractivity contribution in [1.29, 1.82) is 0 Å². The molecule has 0 saturated carbocycles. The molecule has 0 aliphatic heterocycles. The molecule has 0 spiro atoms. The maximum absolute atomic E-state index is 6.15. The van der Waals surface area contributed by atoms with Gasteiger partial charge in [0.1, 0.15) is 6.54 Å². The predicted octanol–water partition coefficient (Wildman–Crippen LogP) is 5.38. The average molecular weight is 334 g/mol. The number of pyridine rings is 1. The third-order valence-corrected chi connectivity index (χ3v) is 4.83. The fourth-order valence-corrected chi connectivity index (χ4v) is 3.43. The van der Waals surface area contributed by atoms with Gasteiger partial charge >= 0.3 is 0 Å². The van der Waals surface area contributed by atoms with Gasteiger partial charge in [-0.15, -0.1) is 11.6 Å². The zero-order valence-corrected chi connectivity index (χ0v) is 15.1. The highest BCUT2D eigenvalue weighted by atomic mass is 35.5. The van der Waals surface area contributed by atoms with Gasteiger partial charge < -0.3 is 5.73 Å². The standard InChI is InChI=1S/C20H29ClN2/c1-17-16-19(22)18-12-8-9-13-20(18)23(17)15-11-7-5-3-2-4-6-10-14-21/h8-9,12-13,16,22H,2-7,10-11,14-15H2,1H3/p+1. The third-order valence-electron chi connectivity index (χ3n) is 4.56. The summed E-state index contributed by atoms with van der Waals surface area (Å²) in [7, 11) is 0. The Bertz CT molecular complexity index is 610. The van der Waals surface area contributed by atoms with Gasteiger partial charge in [-0.3, -0.25) is 0 Å². The summed E-state index contributed by atoms with van der Waals surface area (Å²) >= 11 is 5.69. The lowest BCUT2D eigenvalue weighted by molar-refractivity contribution is -0.677. The number of hydrogen-bond donors (Lipinski definition) is 1. The minimum Gasteiger partial charge on any atom is -0.398 e. The lowest BCUT2D eigenvalue weighted by Gasteiger charge is -2.07. The van der Waals surface area contributed by atoms with E-state index in [0.717, 1.165) is 23.5 Å².